The molecule has 27 heteroatoms. The minimum atomic E-state index is -4.72. The fourth-order valence-corrected chi connectivity index (χ4v) is 11.9. The normalized spacial score (nSPS) is 20.1. The second-order valence-corrected chi connectivity index (χ2v) is 25.0. The van der Waals surface area contributed by atoms with Crippen molar-refractivity contribution in [1.29, 1.82) is 0 Å². The number of hydrogen-bond donors (Lipinski definition) is 6. The van der Waals surface area contributed by atoms with Crippen LogP contribution in [0.3, 0.4) is 0 Å². The maximum Gasteiger partial charge on any atom is 0.418 e. The van der Waals surface area contributed by atoms with Gasteiger partial charge in [-0.2, -0.15) is 39.5 Å². The molecule has 10 rings (SSSR count). The number of pyridine rings is 6. The van der Waals surface area contributed by atoms with Gasteiger partial charge >= 0.3 is 18.5 Å². The van der Waals surface area contributed by atoms with Gasteiger partial charge in [-0.1, -0.05) is 55.4 Å². The maximum atomic E-state index is 13.7. The molecule has 0 aromatic carbocycles. The number of aromatic nitrogens is 6. The van der Waals surface area contributed by atoms with E-state index in [4.69, 9.17) is 17.2 Å². The third kappa shape index (κ3) is 16.6. The van der Waals surface area contributed by atoms with E-state index >= 15 is 0 Å². The molecule has 9 heterocycles. The predicted molar refractivity (Wildman–Crippen MR) is 344 cm³/mol. The number of nitrogens with one attached hydrogen (secondary N) is 3. The van der Waals surface area contributed by atoms with E-state index in [1.54, 1.807) is 0 Å². The summed E-state index contributed by atoms with van der Waals surface area (Å²) in [7, 11) is 0. The van der Waals surface area contributed by atoms with Crippen LogP contribution < -0.4 is 47.9 Å². The van der Waals surface area contributed by atoms with Crippen molar-refractivity contribution in [2.24, 2.45) is 17.8 Å². The summed E-state index contributed by atoms with van der Waals surface area (Å²) >= 11 is 0. The Balaban J connectivity index is 0.000000300. The van der Waals surface area contributed by atoms with Crippen LogP contribution in [0.1, 0.15) is 164 Å². The van der Waals surface area contributed by atoms with Gasteiger partial charge in [-0.3, -0.25) is 14.4 Å². The van der Waals surface area contributed by atoms with Crippen molar-refractivity contribution in [1.82, 2.24) is 45.9 Å². The van der Waals surface area contributed by atoms with Crippen LogP contribution in [0, 0.1) is 17.8 Å². The van der Waals surface area contributed by atoms with Crippen LogP contribution in [-0.2, 0) is 18.5 Å². The molecule has 0 amide bonds. The number of alkyl halides is 9. The van der Waals surface area contributed by atoms with E-state index in [-0.39, 0.29) is 75.6 Å². The average molecular weight is 1300 g/mol. The summed E-state index contributed by atoms with van der Waals surface area (Å²) < 4.78 is 123. The molecule has 1 spiro atoms. The van der Waals surface area contributed by atoms with Crippen molar-refractivity contribution in [2.75, 3.05) is 71.2 Å². The van der Waals surface area contributed by atoms with Gasteiger partial charge in [0.2, 0.25) is 17.3 Å². The van der Waals surface area contributed by atoms with Gasteiger partial charge in [-0.25, -0.2) is 29.9 Å². The van der Waals surface area contributed by atoms with E-state index in [9.17, 15) is 53.9 Å². The predicted octanol–water partition coefficient (Wildman–Crippen LogP) is 12.1. The Morgan fingerprint density at radius 1 is 0.522 bits per heavy atom. The van der Waals surface area contributed by atoms with E-state index in [2.05, 4.69) is 101 Å². The minimum absolute atomic E-state index is 0. The first kappa shape index (κ1) is 69.8. The summed E-state index contributed by atoms with van der Waals surface area (Å²) in [5.74, 6) is -0.802. The van der Waals surface area contributed by atoms with Crippen LogP contribution in [0.25, 0.3) is 0 Å². The fraction of sp³-hybridized carbons (Fsp3) is 0.492. The van der Waals surface area contributed by atoms with Crippen LogP contribution in [0.15, 0.2) is 91.4 Å². The van der Waals surface area contributed by atoms with E-state index in [1.165, 1.54) is 73.2 Å². The van der Waals surface area contributed by atoms with Crippen molar-refractivity contribution in [3.8, 4) is 0 Å². The third-order valence-electron chi connectivity index (χ3n) is 17.1. The highest BCUT2D eigenvalue weighted by molar-refractivity contribution is 6.13. The molecule has 1 aliphatic carbocycles. The molecule has 3 aliphatic heterocycles. The highest BCUT2D eigenvalue weighted by Gasteiger charge is 2.46. The van der Waals surface area contributed by atoms with Gasteiger partial charge in [0.25, 0.3) is 0 Å². The Morgan fingerprint density at radius 2 is 0.859 bits per heavy atom. The van der Waals surface area contributed by atoms with Gasteiger partial charge < -0.3 is 47.9 Å². The lowest BCUT2D eigenvalue weighted by atomic mass is 9.74. The molecule has 0 bridgehead atoms. The van der Waals surface area contributed by atoms with E-state index in [0.29, 0.717) is 74.5 Å². The molecule has 4 fully saturated rings. The molecule has 0 radical (unpaired) electrons. The van der Waals surface area contributed by atoms with Gasteiger partial charge in [0.1, 0.15) is 52.0 Å². The van der Waals surface area contributed by atoms with Crippen LogP contribution in [0.4, 0.5) is 74.4 Å². The molecule has 18 nitrogen and oxygen atoms in total. The number of nitrogens with two attached hydrogens (primary N) is 3. The lowest BCUT2D eigenvalue weighted by molar-refractivity contribution is -0.138. The molecule has 6 aromatic rings. The molecule has 504 valence electrons. The van der Waals surface area contributed by atoms with Crippen molar-refractivity contribution in [3.63, 3.8) is 0 Å². The number of nitrogen functional groups attached to an aromatic ring is 3. The number of hydrogen-bond acceptors (Lipinski definition) is 18. The van der Waals surface area contributed by atoms with Crippen molar-refractivity contribution >= 4 is 52.3 Å². The first-order valence-corrected chi connectivity index (χ1v) is 30.9. The Kier molecular flexibility index (Phi) is 21.9. The number of carbonyl (C=O) groups is 3. The van der Waals surface area contributed by atoms with Crippen molar-refractivity contribution < 1.29 is 59.6 Å². The minimum Gasteiger partial charge on any atom is -0.383 e. The van der Waals surface area contributed by atoms with Crippen molar-refractivity contribution in [3.05, 3.63) is 142 Å². The quantitative estimate of drug-likeness (QED) is 0.0413. The van der Waals surface area contributed by atoms with Crippen LogP contribution in [-0.4, -0.2) is 122 Å². The highest BCUT2D eigenvalue weighted by atomic mass is 19.4. The zero-order chi connectivity index (χ0) is 67.2. The summed E-state index contributed by atoms with van der Waals surface area (Å²) in [5, 5.41) is 10.9. The maximum absolute atomic E-state index is 13.7. The summed E-state index contributed by atoms with van der Waals surface area (Å²) in [6, 6.07) is 16.2. The molecule has 1 saturated carbocycles. The van der Waals surface area contributed by atoms with Gasteiger partial charge in [-0.15, -0.1) is 0 Å². The van der Waals surface area contributed by atoms with Gasteiger partial charge in [0, 0.05) is 99.3 Å². The summed E-state index contributed by atoms with van der Waals surface area (Å²) in [6.45, 7) is 20.4. The van der Waals surface area contributed by atoms with E-state index in [0.717, 1.165) is 56.7 Å². The SMILES string of the molecule is CC(C)C[C@H]1CN(c2ccc(C(F)(F)F)c(C(=O)c3cccnc3N)n2)CC2(CCC2)N1.CC[C@@H]1CN(c2ccc(C(F)(F)F)c(C(=O)c3cccnc3N)n2)C[C@H](C(C)C)N1.CC[C@H]1CN(c2ccc(C(F)(F)F)c(C(=O)c3cccnc3N)n2)C[C@H](C(C)C)N1.[HH].[HH].[HH].[HH]. The molecule has 0 unspecified atom stereocenters. The molecule has 6 aromatic heterocycles. The number of anilines is 6. The van der Waals surface area contributed by atoms with E-state index in [1.807, 2.05) is 14.7 Å². The fourth-order valence-electron chi connectivity index (χ4n) is 11.9. The molecule has 9 N–H and O–H groups in total. The number of piperazine rings is 3. The lowest BCUT2D eigenvalue weighted by Crippen LogP contribution is -2.68. The highest BCUT2D eigenvalue weighted by Crippen LogP contribution is 2.41. The Bertz CT molecular complexity index is 3440. The monoisotopic (exact) mass is 1300 g/mol. The van der Waals surface area contributed by atoms with Crippen LogP contribution >= 0.6 is 0 Å². The Morgan fingerprint density at radius 3 is 1.14 bits per heavy atom. The average Bonchev–Trinajstić information content (AvgIpc) is 0.778. The first-order chi connectivity index (χ1) is 43.3. The second kappa shape index (κ2) is 28.9. The molecular weight excluding hydrogens is 1210 g/mol. The van der Waals surface area contributed by atoms with Gasteiger partial charge in [-0.05, 0) is 129 Å². The molecule has 3 saturated heterocycles. The van der Waals surface area contributed by atoms with Gasteiger partial charge in [0.15, 0.2) is 0 Å². The van der Waals surface area contributed by atoms with Crippen LogP contribution in [0.2, 0.25) is 0 Å². The summed E-state index contributed by atoms with van der Waals surface area (Å²) in [4.78, 5) is 69.0. The molecular formula is C65H88F9N15O3. The third-order valence-corrected chi connectivity index (χ3v) is 17.1. The zero-order valence-corrected chi connectivity index (χ0v) is 52.6. The lowest BCUT2D eigenvalue weighted by Gasteiger charge is -2.53. The number of halogens is 9. The van der Waals surface area contributed by atoms with Crippen molar-refractivity contribution in [2.45, 2.75) is 148 Å². The molecule has 4 aliphatic rings. The first-order valence-electron chi connectivity index (χ1n) is 30.9. The van der Waals surface area contributed by atoms with Crippen LogP contribution in [0.5, 0.6) is 0 Å². The summed E-state index contributed by atoms with van der Waals surface area (Å²) in [6.07, 6.45) is -4.15. The number of nitrogens with zero attached hydrogens (tertiary/aromatic N) is 9. The topological polar surface area (TPSA) is 252 Å². The molecule has 5 atom stereocenters. The zero-order valence-electron chi connectivity index (χ0n) is 52.6. The number of carbonyl (C=O) groups excluding carboxylic acids is 3. The standard InChI is InChI=1S/C23H28F3N5O.2C21H26F3N5O.4H2/c1-14(2)11-15-12-31(13-22(30-15)8-4-9-22)18-7-6-17(23(24,25)26)19(29-18)20(32)16-5-3-10-28-21(16)27;2*1-4-13-10-29(11-16(27-13)12(2)3)17-8-7-15(21(22,23)24)18(28-17)19(30)14-6-5-9-26-20(14)25;;;;/h3,5-7,10,14-15,30H,4,8-9,11-13H2,1-2H3,(H2,27,28);2*5-9,12-13,16,27H,4,10-11H2,1-3H3,(H2,25,26);4*1H/t15-;13-,16+;13-,16-;;;;/m001..../s1. The Labute approximate surface area is 535 Å². The summed E-state index contributed by atoms with van der Waals surface area (Å²) in [5.41, 5.74) is 11.7. The second-order valence-electron chi connectivity index (χ2n) is 25.0. The molecule has 92 heavy (non-hydrogen) atoms. The van der Waals surface area contributed by atoms with Gasteiger partial charge in [0.05, 0.1) is 33.4 Å². The smallest absolute Gasteiger partial charge is 0.383 e. The number of ketones is 3. The van der Waals surface area contributed by atoms with E-state index < -0.39 is 69.7 Å². The largest absolute Gasteiger partial charge is 0.418 e. The number of rotatable bonds is 15. The Hall–Kier alpha value is -8.04.